The summed E-state index contributed by atoms with van der Waals surface area (Å²) < 4.78 is 7.32. The van der Waals surface area contributed by atoms with Crippen molar-refractivity contribution >= 4 is 17.6 Å². The van der Waals surface area contributed by atoms with Crippen molar-refractivity contribution in [1.29, 1.82) is 5.41 Å². The molecule has 0 atom stereocenters. The average molecular weight is 277 g/mol. The molecule has 0 unspecified atom stereocenters. The molecule has 0 radical (unpaired) electrons. The SMILES string of the molecule is Cn1ncnc1SCCOc1ccc(C(=N)N)cc1. The Balaban J connectivity index is 1.76. The van der Waals surface area contributed by atoms with Gasteiger partial charge in [-0.2, -0.15) is 5.10 Å². The molecule has 0 bridgehead atoms. The van der Waals surface area contributed by atoms with Crippen molar-refractivity contribution in [2.75, 3.05) is 12.4 Å². The van der Waals surface area contributed by atoms with Crippen molar-refractivity contribution in [1.82, 2.24) is 14.8 Å². The van der Waals surface area contributed by atoms with E-state index in [1.807, 2.05) is 19.2 Å². The zero-order chi connectivity index (χ0) is 13.7. The van der Waals surface area contributed by atoms with Crippen LogP contribution in [0.5, 0.6) is 5.75 Å². The van der Waals surface area contributed by atoms with Crippen LogP contribution in [0, 0.1) is 5.41 Å². The van der Waals surface area contributed by atoms with Crippen molar-refractivity contribution in [2.45, 2.75) is 5.16 Å². The molecule has 0 spiro atoms. The summed E-state index contributed by atoms with van der Waals surface area (Å²) in [6.07, 6.45) is 1.53. The van der Waals surface area contributed by atoms with Gasteiger partial charge in [0.25, 0.3) is 0 Å². The largest absolute Gasteiger partial charge is 0.493 e. The second kappa shape index (κ2) is 6.24. The molecule has 1 heterocycles. The highest BCUT2D eigenvalue weighted by molar-refractivity contribution is 7.99. The summed E-state index contributed by atoms with van der Waals surface area (Å²) in [6, 6.07) is 7.16. The van der Waals surface area contributed by atoms with Gasteiger partial charge in [-0.1, -0.05) is 11.8 Å². The van der Waals surface area contributed by atoms with Crippen LogP contribution in [0.4, 0.5) is 0 Å². The highest BCUT2D eigenvalue weighted by Crippen LogP contribution is 2.15. The quantitative estimate of drug-likeness (QED) is 0.359. The minimum Gasteiger partial charge on any atom is -0.493 e. The molecule has 0 saturated heterocycles. The fourth-order valence-corrected chi connectivity index (χ4v) is 2.14. The molecule has 6 nitrogen and oxygen atoms in total. The summed E-state index contributed by atoms with van der Waals surface area (Å²) >= 11 is 1.59. The van der Waals surface area contributed by atoms with Crippen LogP contribution in [0.15, 0.2) is 35.7 Å². The molecule has 3 N–H and O–H groups in total. The first-order chi connectivity index (χ1) is 9.16. The first-order valence-corrected chi connectivity index (χ1v) is 6.69. The highest BCUT2D eigenvalue weighted by atomic mass is 32.2. The lowest BCUT2D eigenvalue weighted by atomic mass is 10.2. The predicted molar refractivity (Wildman–Crippen MR) is 74.7 cm³/mol. The summed E-state index contributed by atoms with van der Waals surface area (Å²) in [5.41, 5.74) is 6.07. The van der Waals surface area contributed by atoms with Crippen LogP contribution in [0.25, 0.3) is 0 Å². The monoisotopic (exact) mass is 277 g/mol. The lowest BCUT2D eigenvalue weighted by Gasteiger charge is -2.06. The molecule has 1 aromatic carbocycles. The van der Waals surface area contributed by atoms with Gasteiger partial charge in [0.1, 0.15) is 17.9 Å². The van der Waals surface area contributed by atoms with Gasteiger partial charge >= 0.3 is 0 Å². The molecule has 0 aliphatic rings. The number of aryl methyl sites for hydroxylation is 1. The van der Waals surface area contributed by atoms with E-state index in [0.717, 1.165) is 16.7 Å². The van der Waals surface area contributed by atoms with Gasteiger partial charge in [0.15, 0.2) is 5.16 Å². The number of aromatic nitrogens is 3. The molecule has 1 aromatic heterocycles. The van der Waals surface area contributed by atoms with Crippen LogP contribution >= 0.6 is 11.8 Å². The van der Waals surface area contributed by atoms with Crippen molar-refractivity contribution in [3.63, 3.8) is 0 Å². The Labute approximate surface area is 115 Å². The van der Waals surface area contributed by atoms with E-state index in [1.54, 1.807) is 28.6 Å². The summed E-state index contributed by atoms with van der Waals surface area (Å²) in [5.74, 6) is 1.62. The van der Waals surface area contributed by atoms with Gasteiger partial charge in [-0.15, -0.1) is 0 Å². The number of nitrogen functional groups attached to an aromatic ring is 1. The average Bonchev–Trinajstić information content (AvgIpc) is 2.81. The second-order valence-corrected chi connectivity index (χ2v) is 4.86. The van der Waals surface area contributed by atoms with E-state index in [-0.39, 0.29) is 5.84 Å². The number of amidine groups is 1. The first-order valence-electron chi connectivity index (χ1n) is 5.71. The maximum absolute atomic E-state index is 7.29. The molecule has 100 valence electrons. The molecule has 2 aromatic rings. The number of hydrogen-bond donors (Lipinski definition) is 2. The number of hydrogen-bond acceptors (Lipinski definition) is 5. The second-order valence-electron chi connectivity index (χ2n) is 3.80. The Kier molecular flexibility index (Phi) is 4.40. The lowest BCUT2D eigenvalue weighted by Crippen LogP contribution is -2.10. The third kappa shape index (κ3) is 3.72. The van der Waals surface area contributed by atoms with E-state index in [2.05, 4.69) is 10.1 Å². The Morgan fingerprint density at radius 1 is 1.42 bits per heavy atom. The van der Waals surface area contributed by atoms with Crippen molar-refractivity contribution < 1.29 is 4.74 Å². The molecule has 0 aliphatic heterocycles. The fraction of sp³-hybridized carbons (Fsp3) is 0.250. The van der Waals surface area contributed by atoms with E-state index in [4.69, 9.17) is 15.9 Å². The van der Waals surface area contributed by atoms with Gasteiger partial charge in [-0.3, -0.25) is 5.41 Å². The number of nitrogens with two attached hydrogens (primary N) is 1. The normalized spacial score (nSPS) is 10.4. The molecule has 7 heteroatoms. The molecular weight excluding hydrogens is 262 g/mol. The first kappa shape index (κ1) is 13.4. The van der Waals surface area contributed by atoms with Crippen LogP contribution in [-0.4, -0.2) is 33.0 Å². The predicted octanol–water partition coefficient (Wildman–Crippen LogP) is 1.27. The number of nitrogens with one attached hydrogen (secondary N) is 1. The standard InChI is InChI=1S/C12H15N5OS/c1-17-12(15-8-16-17)19-7-6-18-10-4-2-9(3-5-10)11(13)14/h2-5,8H,6-7H2,1H3,(H3,13,14). The molecule has 0 fully saturated rings. The Morgan fingerprint density at radius 2 is 2.16 bits per heavy atom. The maximum Gasteiger partial charge on any atom is 0.185 e. The van der Waals surface area contributed by atoms with Crippen LogP contribution in [0.1, 0.15) is 5.56 Å². The number of benzene rings is 1. The highest BCUT2D eigenvalue weighted by Gasteiger charge is 2.01. The summed E-state index contributed by atoms with van der Waals surface area (Å²) in [6.45, 7) is 0.580. The van der Waals surface area contributed by atoms with E-state index in [0.29, 0.717) is 12.2 Å². The van der Waals surface area contributed by atoms with Crippen LogP contribution < -0.4 is 10.5 Å². The molecule has 0 saturated carbocycles. The van der Waals surface area contributed by atoms with Crippen molar-refractivity contribution in [3.05, 3.63) is 36.2 Å². The molecular formula is C12H15N5OS. The maximum atomic E-state index is 7.29. The number of rotatable bonds is 6. The minimum absolute atomic E-state index is 0.0596. The lowest BCUT2D eigenvalue weighted by molar-refractivity contribution is 0.344. The molecule has 0 aliphatic carbocycles. The minimum atomic E-state index is 0.0596. The molecule has 2 rings (SSSR count). The van der Waals surface area contributed by atoms with Crippen LogP contribution in [0.2, 0.25) is 0 Å². The van der Waals surface area contributed by atoms with Gasteiger partial charge in [-0.05, 0) is 24.3 Å². The van der Waals surface area contributed by atoms with E-state index in [9.17, 15) is 0 Å². The Bertz CT molecular complexity index is 552. The van der Waals surface area contributed by atoms with Crippen molar-refractivity contribution in [2.24, 2.45) is 12.8 Å². The van der Waals surface area contributed by atoms with Crippen molar-refractivity contribution in [3.8, 4) is 5.75 Å². The Morgan fingerprint density at radius 3 is 2.74 bits per heavy atom. The van der Waals surface area contributed by atoms with Gasteiger partial charge in [-0.25, -0.2) is 9.67 Å². The molecule has 19 heavy (non-hydrogen) atoms. The molecule has 0 amide bonds. The third-order valence-corrected chi connectivity index (χ3v) is 3.42. The topological polar surface area (TPSA) is 89.8 Å². The number of nitrogens with zero attached hydrogens (tertiary/aromatic N) is 3. The van der Waals surface area contributed by atoms with Crippen LogP contribution in [-0.2, 0) is 7.05 Å². The third-order valence-electron chi connectivity index (χ3n) is 2.42. The van der Waals surface area contributed by atoms with E-state index in [1.165, 1.54) is 6.33 Å². The van der Waals surface area contributed by atoms with Gasteiger partial charge < -0.3 is 10.5 Å². The fourth-order valence-electron chi connectivity index (χ4n) is 1.44. The van der Waals surface area contributed by atoms with E-state index < -0.39 is 0 Å². The van der Waals surface area contributed by atoms with Gasteiger partial charge in [0.05, 0.1) is 6.61 Å². The number of thioether (sulfide) groups is 1. The van der Waals surface area contributed by atoms with Gasteiger partial charge in [0.2, 0.25) is 0 Å². The summed E-state index contributed by atoms with van der Waals surface area (Å²) in [5, 5.41) is 12.2. The van der Waals surface area contributed by atoms with Gasteiger partial charge in [0, 0.05) is 18.4 Å². The zero-order valence-corrected chi connectivity index (χ0v) is 11.4. The van der Waals surface area contributed by atoms with E-state index >= 15 is 0 Å². The number of ether oxygens (including phenoxy) is 1. The Hall–Kier alpha value is -2.02. The zero-order valence-electron chi connectivity index (χ0n) is 10.5. The summed E-state index contributed by atoms with van der Waals surface area (Å²) in [4.78, 5) is 4.11. The smallest absolute Gasteiger partial charge is 0.185 e. The summed E-state index contributed by atoms with van der Waals surface area (Å²) in [7, 11) is 1.86. The van der Waals surface area contributed by atoms with Crippen LogP contribution in [0.3, 0.4) is 0 Å².